The van der Waals surface area contributed by atoms with Gasteiger partial charge in [0.15, 0.2) is 0 Å². The van der Waals surface area contributed by atoms with Crippen LogP contribution in [0.5, 0.6) is 5.75 Å². The third-order valence-electron chi connectivity index (χ3n) is 2.68. The Labute approximate surface area is 136 Å². The average Bonchev–Trinajstić information content (AvgIpc) is 2.39. The summed E-state index contributed by atoms with van der Waals surface area (Å²) in [5.74, 6) is 0.507. The van der Waals surface area contributed by atoms with Gasteiger partial charge < -0.3 is 14.4 Å². The number of carbonyl (C=O) groups is 2. The van der Waals surface area contributed by atoms with Gasteiger partial charge in [-0.3, -0.25) is 5.43 Å². The van der Waals surface area contributed by atoms with Gasteiger partial charge in [-0.25, -0.2) is 15.0 Å². The van der Waals surface area contributed by atoms with Crippen LogP contribution in [-0.4, -0.2) is 36.8 Å². The smallest absolute Gasteiger partial charge is 0.422 e. The molecule has 0 heterocycles. The normalized spacial score (nSPS) is 10.9. The van der Waals surface area contributed by atoms with Crippen LogP contribution in [0.25, 0.3) is 0 Å². The van der Waals surface area contributed by atoms with Crippen LogP contribution in [0.15, 0.2) is 18.2 Å². The molecule has 7 heteroatoms. The molecular weight excluding hydrogens is 298 g/mol. The highest BCUT2D eigenvalue weighted by Crippen LogP contribution is 2.19. The number of ether oxygens (including phenoxy) is 2. The van der Waals surface area contributed by atoms with Crippen LogP contribution in [0.1, 0.15) is 31.9 Å². The molecule has 128 valence electrons. The predicted molar refractivity (Wildman–Crippen MR) is 87.1 cm³/mol. The van der Waals surface area contributed by atoms with Crippen molar-refractivity contribution in [3.63, 3.8) is 0 Å². The van der Waals surface area contributed by atoms with Gasteiger partial charge in [-0.1, -0.05) is 12.1 Å². The first-order valence-electron chi connectivity index (χ1n) is 7.29. The van der Waals surface area contributed by atoms with Gasteiger partial charge in [0.1, 0.15) is 11.4 Å². The molecule has 2 N–H and O–H groups in total. The minimum Gasteiger partial charge on any atom is -0.443 e. The van der Waals surface area contributed by atoms with Gasteiger partial charge in [-0.05, 0) is 44.9 Å². The van der Waals surface area contributed by atoms with Crippen molar-refractivity contribution in [3.05, 3.63) is 29.3 Å². The van der Waals surface area contributed by atoms with Gasteiger partial charge in [-0.2, -0.15) is 0 Å². The summed E-state index contributed by atoms with van der Waals surface area (Å²) >= 11 is 0. The zero-order valence-electron chi connectivity index (χ0n) is 14.5. The molecule has 0 unspecified atom stereocenters. The lowest BCUT2D eigenvalue weighted by molar-refractivity contribution is 0.0497. The summed E-state index contributed by atoms with van der Waals surface area (Å²) in [6.07, 6.45) is -0.962. The van der Waals surface area contributed by atoms with E-state index < -0.39 is 17.8 Å². The lowest BCUT2D eigenvalue weighted by atomic mass is 10.1. The molecule has 0 saturated heterocycles. The Morgan fingerprint density at radius 3 is 2.39 bits per heavy atom. The van der Waals surface area contributed by atoms with Crippen LogP contribution in [-0.2, 0) is 11.3 Å². The van der Waals surface area contributed by atoms with E-state index in [2.05, 4.69) is 10.9 Å². The van der Waals surface area contributed by atoms with Crippen molar-refractivity contribution in [3.8, 4) is 5.75 Å². The van der Waals surface area contributed by atoms with Crippen LogP contribution in [0.3, 0.4) is 0 Å². The van der Waals surface area contributed by atoms with Gasteiger partial charge >= 0.3 is 12.2 Å². The van der Waals surface area contributed by atoms with Gasteiger partial charge in [0.2, 0.25) is 0 Å². The second-order valence-corrected chi connectivity index (χ2v) is 6.34. The number of hydrazine groups is 1. The Morgan fingerprint density at radius 1 is 1.22 bits per heavy atom. The van der Waals surface area contributed by atoms with Crippen LogP contribution in [0.4, 0.5) is 9.59 Å². The minimum atomic E-state index is -0.541. The zero-order valence-corrected chi connectivity index (χ0v) is 14.5. The van der Waals surface area contributed by atoms with Crippen LogP contribution < -0.4 is 15.6 Å². The van der Waals surface area contributed by atoms with Crippen LogP contribution in [0, 0.1) is 6.92 Å². The van der Waals surface area contributed by atoms with Crippen molar-refractivity contribution in [2.45, 2.75) is 39.8 Å². The molecule has 0 aromatic heterocycles. The predicted octanol–water partition coefficient (Wildman–Crippen LogP) is 2.58. The topological polar surface area (TPSA) is 79.9 Å². The molecule has 0 atom stereocenters. The molecule has 2 amide bonds. The Hall–Kier alpha value is -2.28. The Balaban J connectivity index is 2.52. The number of benzene rings is 1. The van der Waals surface area contributed by atoms with E-state index >= 15 is 0 Å². The summed E-state index contributed by atoms with van der Waals surface area (Å²) in [6.45, 7) is 7.65. The Morgan fingerprint density at radius 2 is 1.87 bits per heavy atom. The van der Waals surface area contributed by atoms with Gasteiger partial charge in [-0.15, -0.1) is 0 Å². The molecule has 0 bridgehead atoms. The van der Waals surface area contributed by atoms with Crippen molar-refractivity contribution in [1.29, 1.82) is 0 Å². The summed E-state index contributed by atoms with van der Waals surface area (Å²) in [5, 5.41) is 0. The van der Waals surface area contributed by atoms with Crippen molar-refractivity contribution >= 4 is 12.2 Å². The first-order chi connectivity index (χ1) is 10.6. The molecule has 0 aliphatic heterocycles. The zero-order chi connectivity index (χ0) is 17.6. The molecule has 1 aromatic carbocycles. The molecule has 7 nitrogen and oxygen atoms in total. The first-order valence-corrected chi connectivity index (χ1v) is 7.29. The van der Waals surface area contributed by atoms with Crippen LogP contribution >= 0.6 is 0 Å². The van der Waals surface area contributed by atoms with E-state index in [9.17, 15) is 9.59 Å². The minimum absolute atomic E-state index is 0.419. The third-order valence-corrected chi connectivity index (χ3v) is 2.68. The molecule has 0 fully saturated rings. The number of rotatable bonds is 4. The number of carbonyl (C=O) groups excluding carboxylic acids is 2. The lowest BCUT2D eigenvalue weighted by Crippen LogP contribution is -2.40. The molecule has 0 aliphatic rings. The van der Waals surface area contributed by atoms with E-state index in [1.807, 2.05) is 19.1 Å². The van der Waals surface area contributed by atoms with E-state index in [0.29, 0.717) is 12.3 Å². The number of amides is 2. The van der Waals surface area contributed by atoms with Crippen molar-refractivity contribution in [1.82, 2.24) is 15.8 Å². The third kappa shape index (κ3) is 7.01. The summed E-state index contributed by atoms with van der Waals surface area (Å²) in [6, 6.07) is 5.41. The fourth-order valence-corrected chi connectivity index (χ4v) is 1.64. The number of nitrogens with one attached hydrogen (secondary N) is 2. The molecule has 0 saturated carbocycles. The molecule has 23 heavy (non-hydrogen) atoms. The Bertz CT molecular complexity index is 565. The van der Waals surface area contributed by atoms with Crippen LogP contribution in [0.2, 0.25) is 0 Å². The summed E-state index contributed by atoms with van der Waals surface area (Å²) in [4.78, 5) is 24.4. The Kier molecular flexibility index (Phi) is 6.38. The quantitative estimate of drug-likeness (QED) is 0.833. The molecular formula is C16H25N3O4. The number of hydrogen-bond acceptors (Lipinski definition) is 5. The maximum Gasteiger partial charge on any atom is 0.422 e. The number of aryl methyl sites for hydroxylation is 1. The highest BCUT2D eigenvalue weighted by Gasteiger charge is 2.15. The molecule has 0 radical (unpaired) electrons. The summed E-state index contributed by atoms with van der Waals surface area (Å²) < 4.78 is 10.3. The lowest BCUT2D eigenvalue weighted by Gasteiger charge is -2.20. The van der Waals surface area contributed by atoms with Gasteiger partial charge in [0.05, 0.1) is 0 Å². The van der Waals surface area contributed by atoms with E-state index in [4.69, 9.17) is 9.47 Å². The maximum atomic E-state index is 11.5. The second kappa shape index (κ2) is 7.82. The molecule has 0 spiro atoms. The molecule has 0 aliphatic carbocycles. The number of nitrogens with zero attached hydrogens (tertiary/aromatic N) is 1. The molecule has 1 aromatic rings. The highest BCUT2D eigenvalue weighted by molar-refractivity contribution is 5.70. The fraction of sp³-hybridized carbons (Fsp3) is 0.500. The van der Waals surface area contributed by atoms with E-state index in [-0.39, 0.29) is 0 Å². The van der Waals surface area contributed by atoms with Gasteiger partial charge in [0.25, 0.3) is 0 Å². The average molecular weight is 323 g/mol. The van der Waals surface area contributed by atoms with Crippen molar-refractivity contribution in [2.24, 2.45) is 0 Å². The number of hydrogen-bond donors (Lipinski definition) is 2. The highest BCUT2D eigenvalue weighted by atomic mass is 16.6. The van der Waals surface area contributed by atoms with E-state index in [0.717, 1.165) is 11.1 Å². The van der Waals surface area contributed by atoms with Gasteiger partial charge in [0, 0.05) is 20.6 Å². The first kappa shape index (κ1) is 18.8. The standard InChI is InChI=1S/C16H25N3O4/c1-11-9-12(7-8-13(11)22-15(21)19(5)6)10-17-18-14(20)23-16(2,3)4/h7-9,17H,10H2,1-6H3,(H,18,20). The molecule has 1 rings (SSSR count). The summed E-state index contributed by atoms with van der Waals surface area (Å²) in [7, 11) is 3.25. The monoisotopic (exact) mass is 323 g/mol. The SMILES string of the molecule is Cc1cc(CNNC(=O)OC(C)(C)C)ccc1OC(=O)N(C)C. The van der Waals surface area contributed by atoms with E-state index in [1.54, 1.807) is 40.9 Å². The summed E-state index contributed by atoms with van der Waals surface area (Å²) in [5.41, 5.74) is 6.48. The fourth-order valence-electron chi connectivity index (χ4n) is 1.64. The van der Waals surface area contributed by atoms with Crippen molar-refractivity contribution in [2.75, 3.05) is 14.1 Å². The second-order valence-electron chi connectivity index (χ2n) is 6.34. The largest absolute Gasteiger partial charge is 0.443 e. The maximum absolute atomic E-state index is 11.5. The van der Waals surface area contributed by atoms with Crippen molar-refractivity contribution < 1.29 is 19.1 Å². The van der Waals surface area contributed by atoms with E-state index in [1.165, 1.54) is 4.90 Å².